The molecule has 0 saturated carbocycles. The molecule has 0 bridgehead atoms. The average molecular weight is 462 g/mol. The van der Waals surface area contributed by atoms with Gasteiger partial charge in [0.1, 0.15) is 5.75 Å². The lowest BCUT2D eigenvalue weighted by Crippen LogP contribution is -2.17. The van der Waals surface area contributed by atoms with E-state index in [1.54, 1.807) is 0 Å². The minimum atomic E-state index is -4.80. The molecular formula is C21H16F6O3S. The van der Waals surface area contributed by atoms with Crippen molar-refractivity contribution in [3.05, 3.63) is 70.1 Å². The van der Waals surface area contributed by atoms with E-state index in [1.807, 2.05) is 0 Å². The van der Waals surface area contributed by atoms with Crippen LogP contribution in [0.5, 0.6) is 5.75 Å². The minimum absolute atomic E-state index is 0.00176. The molecule has 2 aromatic rings. The van der Waals surface area contributed by atoms with Gasteiger partial charge in [-0.1, -0.05) is 24.3 Å². The summed E-state index contributed by atoms with van der Waals surface area (Å²) in [7, 11) is 0. The summed E-state index contributed by atoms with van der Waals surface area (Å²) >= 11 is 0.665. The Morgan fingerprint density at radius 2 is 1.52 bits per heavy atom. The molecule has 0 saturated heterocycles. The molecular weight excluding hydrogens is 446 g/mol. The second-order valence-electron chi connectivity index (χ2n) is 6.35. The molecule has 0 spiro atoms. The van der Waals surface area contributed by atoms with E-state index in [4.69, 9.17) is 0 Å². The zero-order valence-corrected chi connectivity index (χ0v) is 16.8. The summed E-state index contributed by atoms with van der Waals surface area (Å²) in [6.07, 6.45) is -7.72. The fourth-order valence-electron chi connectivity index (χ4n) is 2.40. The topological polar surface area (TPSA) is 43.4 Å². The van der Waals surface area contributed by atoms with Gasteiger partial charge in [0.15, 0.2) is 10.9 Å². The SMILES string of the molecule is CC(=O)/C(=C/c1ccc(C(F)(F)F)cc1)SC(=O)CCc1ccc(OC(F)(F)F)cc1. The summed E-state index contributed by atoms with van der Waals surface area (Å²) in [5.74, 6) is -0.804. The summed E-state index contributed by atoms with van der Waals surface area (Å²) < 4.78 is 78.1. The van der Waals surface area contributed by atoms with Gasteiger partial charge in [0.05, 0.1) is 10.5 Å². The third-order valence-electron chi connectivity index (χ3n) is 3.88. The van der Waals surface area contributed by atoms with Gasteiger partial charge in [-0.05, 0) is 66.6 Å². The van der Waals surface area contributed by atoms with E-state index in [-0.39, 0.29) is 28.6 Å². The lowest BCUT2D eigenvalue weighted by Gasteiger charge is -2.09. The Kier molecular flexibility index (Phi) is 7.94. The van der Waals surface area contributed by atoms with Crippen molar-refractivity contribution in [3.8, 4) is 5.75 Å². The van der Waals surface area contributed by atoms with Crippen molar-refractivity contribution in [2.45, 2.75) is 32.3 Å². The van der Waals surface area contributed by atoms with Crippen LogP contribution in [-0.4, -0.2) is 17.3 Å². The van der Waals surface area contributed by atoms with Gasteiger partial charge in [-0.3, -0.25) is 9.59 Å². The van der Waals surface area contributed by atoms with Crippen molar-refractivity contribution < 1.29 is 40.7 Å². The summed E-state index contributed by atoms with van der Waals surface area (Å²) in [5, 5.41) is -0.371. The van der Waals surface area contributed by atoms with Crippen molar-refractivity contribution in [2.75, 3.05) is 0 Å². The molecule has 0 aliphatic heterocycles. The van der Waals surface area contributed by atoms with Crippen molar-refractivity contribution in [1.82, 2.24) is 0 Å². The Morgan fingerprint density at radius 3 is 2.00 bits per heavy atom. The van der Waals surface area contributed by atoms with Crippen molar-refractivity contribution in [2.24, 2.45) is 0 Å². The lowest BCUT2D eigenvalue weighted by atomic mass is 10.1. The molecule has 0 N–H and O–H groups in total. The van der Waals surface area contributed by atoms with Gasteiger partial charge < -0.3 is 4.74 Å². The lowest BCUT2D eigenvalue weighted by molar-refractivity contribution is -0.274. The van der Waals surface area contributed by atoms with Crippen molar-refractivity contribution >= 4 is 28.7 Å². The van der Waals surface area contributed by atoms with Crippen LogP contribution in [0, 0.1) is 0 Å². The first-order valence-electron chi connectivity index (χ1n) is 8.79. The third-order valence-corrected chi connectivity index (χ3v) is 4.94. The van der Waals surface area contributed by atoms with E-state index < -0.39 is 23.9 Å². The number of hydrogen-bond donors (Lipinski definition) is 0. The molecule has 0 fully saturated rings. The quantitative estimate of drug-likeness (QED) is 0.352. The van der Waals surface area contributed by atoms with E-state index in [9.17, 15) is 35.9 Å². The van der Waals surface area contributed by atoms with Crippen molar-refractivity contribution in [3.63, 3.8) is 0 Å². The number of ketones is 1. The molecule has 0 aliphatic rings. The average Bonchev–Trinajstić information content (AvgIpc) is 2.65. The maximum absolute atomic E-state index is 12.6. The number of carbonyl (C=O) groups excluding carboxylic acids is 2. The Hall–Kier alpha value is -2.75. The van der Waals surface area contributed by atoms with Gasteiger partial charge in [0.2, 0.25) is 0 Å². The van der Waals surface area contributed by atoms with Crippen LogP contribution < -0.4 is 4.74 Å². The Labute approximate surface area is 178 Å². The Morgan fingerprint density at radius 1 is 0.935 bits per heavy atom. The number of hydrogen-bond acceptors (Lipinski definition) is 4. The molecule has 0 amide bonds. The van der Waals surface area contributed by atoms with Gasteiger partial charge >= 0.3 is 12.5 Å². The molecule has 2 rings (SSSR count). The summed E-state index contributed by atoms with van der Waals surface area (Å²) in [4.78, 5) is 24.1. The molecule has 2 aromatic carbocycles. The number of allylic oxidation sites excluding steroid dienone is 1. The zero-order chi connectivity index (χ0) is 23.2. The van der Waals surface area contributed by atoms with Crippen molar-refractivity contribution in [1.29, 1.82) is 0 Å². The first-order valence-corrected chi connectivity index (χ1v) is 9.60. The van der Waals surface area contributed by atoms with Crippen LogP contribution in [0.2, 0.25) is 0 Å². The highest BCUT2D eigenvalue weighted by Gasteiger charge is 2.31. The highest BCUT2D eigenvalue weighted by atomic mass is 32.2. The smallest absolute Gasteiger partial charge is 0.406 e. The summed E-state index contributed by atoms with van der Waals surface area (Å²) in [6, 6.07) is 9.19. The van der Waals surface area contributed by atoms with Gasteiger partial charge in [-0.2, -0.15) is 13.2 Å². The molecule has 10 heteroatoms. The number of carbonyl (C=O) groups is 2. The maximum Gasteiger partial charge on any atom is 0.573 e. The molecule has 31 heavy (non-hydrogen) atoms. The molecule has 0 aliphatic carbocycles. The van der Waals surface area contributed by atoms with Gasteiger partial charge in [-0.15, -0.1) is 13.2 Å². The molecule has 0 unspecified atom stereocenters. The normalized spacial score (nSPS) is 12.5. The predicted molar refractivity (Wildman–Crippen MR) is 104 cm³/mol. The number of rotatable bonds is 7. The number of alkyl halides is 6. The highest BCUT2D eigenvalue weighted by Crippen LogP contribution is 2.30. The fourth-order valence-corrected chi connectivity index (χ4v) is 3.19. The van der Waals surface area contributed by atoms with Gasteiger partial charge in [0, 0.05) is 6.42 Å². The van der Waals surface area contributed by atoms with Gasteiger partial charge in [-0.25, -0.2) is 0 Å². The largest absolute Gasteiger partial charge is 0.573 e. The van der Waals surface area contributed by atoms with Crippen LogP contribution in [-0.2, 0) is 22.2 Å². The monoisotopic (exact) mass is 462 g/mol. The fraction of sp³-hybridized carbons (Fsp3) is 0.238. The molecule has 0 heterocycles. The first-order chi connectivity index (χ1) is 14.3. The van der Waals surface area contributed by atoms with E-state index >= 15 is 0 Å². The van der Waals surface area contributed by atoms with Crippen LogP contribution in [0.15, 0.2) is 53.4 Å². The van der Waals surface area contributed by atoms with E-state index in [0.717, 1.165) is 24.3 Å². The summed E-state index contributed by atoms with van der Waals surface area (Å²) in [6.45, 7) is 1.23. The number of Topliss-reactive ketones (excluding diaryl/α,β-unsaturated/α-hetero) is 1. The molecule has 3 nitrogen and oxygen atoms in total. The second-order valence-corrected chi connectivity index (χ2v) is 7.45. The first kappa shape index (κ1) is 24.5. The van der Waals surface area contributed by atoms with Crippen LogP contribution >= 0.6 is 11.8 Å². The van der Waals surface area contributed by atoms with Crippen LogP contribution in [0.4, 0.5) is 26.3 Å². The van der Waals surface area contributed by atoms with E-state index in [2.05, 4.69) is 4.74 Å². The third kappa shape index (κ3) is 8.49. The Bertz CT molecular complexity index is 945. The van der Waals surface area contributed by atoms with E-state index in [0.29, 0.717) is 22.9 Å². The maximum atomic E-state index is 12.6. The van der Waals surface area contributed by atoms with E-state index in [1.165, 1.54) is 37.3 Å². The minimum Gasteiger partial charge on any atom is -0.406 e. The Balaban J connectivity index is 1.98. The second kappa shape index (κ2) is 10.0. The predicted octanol–water partition coefficient (Wildman–Crippen LogP) is 6.43. The van der Waals surface area contributed by atoms with Crippen LogP contribution in [0.1, 0.15) is 30.0 Å². The molecule has 0 atom stereocenters. The molecule has 166 valence electrons. The number of aryl methyl sites for hydroxylation is 1. The number of thioether (sulfide) groups is 1. The van der Waals surface area contributed by atoms with Crippen LogP contribution in [0.25, 0.3) is 6.08 Å². The number of benzene rings is 2. The molecule has 0 radical (unpaired) electrons. The van der Waals surface area contributed by atoms with Crippen LogP contribution in [0.3, 0.4) is 0 Å². The summed E-state index contributed by atoms with van der Waals surface area (Å²) in [5.41, 5.74) is 0.0997. The number of halogens is 6. The zero-order valence-electron chi connectivity index (χ0n) is 16.0. The van der Waals surface area contributed by atoms with Gasteiger partial charge in [0.25, 0.3) is 0 Å². The number of ether oxygens (including phenoxy) is 1. The molecule has 0 aromatic heterocycles. The highest BCUT2D eigenvalue weighted by molar-refractivity contribution is 8.17. The standard InChI is InChI=1S/C21H16F6O3S/c1-13(28)18(12-15-2-7-16(8-3-15)20(22,23)24)31-19(29)11-6-14-4-9-17(10-5-14)30-21(25,26)27/h2-5,7-10,12H,6,11H2,1H3/b18-12-.